The molecule has 0 spiro atoms. The van der Waals surface area contributed by atoms with Crippen molar-refractivity contribution in [2.45, 2.75) is 19.4 Å². The number of benzene rings is 1. The Morgan fingerprint density at radius 2 is 2.28 bits per heavy atom. The summed E-state index contributed by atoms with van der Waals surface area (Å²) >= 11 is 3.42. The smallest absolute Gasteiger partial charge is 0.312 e. The van der Waals surface area contributed by atoms with Gasteiger partial charge >= 0.3 is 6.03 Å². The third kappa shape index (κ3) is 2.48. The molecule has 18 heavy (non-hydrogen) atoms. The summed E-state index contributed by atoms with van der Waals surface area (Å²) in [5.74, 6) is -0.115. The van der Waals surface area contributed by atoms with Crippen molar-refractivity contribution in [3.63, 3.8) is 0 Å². The van der Waals surface area contributed by atoms with Gasteiger partial charge < -0.3 is 16.0 Å². The fraction of sp³-hybridized carbons (Fsp3) is 0.333. The van der Waals surface area contributed by atoms with E-state index in [1.165, 1.54) is 0 Å². The highest BCUT2D eigenvalue weighted by molar-refractivity contribution is 9.10. The van der Waals surface area contributed by atoms with Crippen molar-refractivity contribution in [1.29, 1.82) is 0 Å². The number of primary amides is 1. The van der Waals surface area contributed by atoms with Gasteiger partial charge in [0.15, 0.2) is 0 Å². The van der Waals surface area contributed by atoms with E-state index >= 15 is 0 Å². The Kier molecular flexibility index (Phi) is 3.56. The lowest BCUT2D eigenvalue weighted by atomic mass is 10.2. The number of carbonyl (C=O) groups is 2. The number of nitrogens with two attached hydrogens (primary N) is 1. The van der Waals surface area contributed by atoms with Crippen LogP contribution in [0, 0.1) is 6.92 Å². The van der Waals surface area contributed by atoms with Crippen LogP contribution < -0.4 is 16.0 Å². The van der Waals surface area contributed by atoms with Crippen LogP contribution in [0.25, 0.3) is 0 Å². The number of carbonyl (C=O) groups excluding carboxylic acids is 2. The lowest BCUT2D eigenvalue weighted by Crippen LogP contribution is -2.43. The highest BCUT2D eigenvalue weighted by Crippen LogP contribution is 2.26. The molecule has 0 aliphatic carbocycles. The van der Waals surface area contributed by atoms with Gasteiger partial charge in [-0.25, -0.2) is 4.79 Å². The first-order chi connectivity index (χ1) is 8.49. The predicted octanol–water partition coefficient (Wildman–Crippen LogP) is 1.53. The molecule has 1 aromatic carbocycles. The number of hydrogen-bond acceptors (Lipinski definition) is 2. The van der Waals surface area contributed by atoms with Gasteiger partial charge in [0.05, 0.1) is 0 Å². The van der Waals surface area contributed by atoms with Crippen LogP contribution in [0.2, 0.25) is 0 Å². The maximum atomic E-state index is 12.1. The minimum Gasteiger partial charge on any atom is -0.352 e. The number of hydrogen-bond donors (Lipinski definition) is 2. The van der Waals surface area contributed by atoms with Crippen LogP contribution in [-0.4, -0.2) is 24.5 Å². The Morgan fingerprint density at radius 3 is 2.89 bits per heavy atom. The molecule has 3 N–H and O–H groups in total. The van der Waals surface area contributed by atoms with Gasteiger partial charge in [0.2, 0.25) is 5.91 Å². The topological polar surface area (TPSA) is 75.4 Å². The van der Waals surface area contributed by atoms with E-state index in [9.17, 15) is 9.59 Å². The van der Waals surface area contributed by atoms with Crippen LogP contribution in [0.15, 0.2) is 22.7 Å². The quantitative estimate of drug-likeness (QED) is 0.869. The molecule has 6 heteroatoms. The average Bonchev–Trinajstić information content (AvgIpc) is 2.64. The summed E-state index contributed by atoms with van der Waals surface area (Å²) < 4.78 is 1.00. The van der Waals surface area contributed by atoms with Crippen molar-refractivity contribution in [3.05, 3.63) is 28.2 Å². The summed E-state index contributed by atoms with van der Waals surface area (Å²) in [6.45, 7) is 2.55. The summed E-state index contributed by atoms with van der Waals surface area (Å²) in [5.41, 5.74) is 6.94. The Labute approximate surface area is 113 Å². The predicted molar refractivity (Wildman–Crippen MR) is 72.4 cm³/mol. The van der Waals surface area contributed by atoms with E-state index in [2.05, 4.69) is 21.2 Å². The van der Waals surface area contributed by atoms with Gasteiger partial charge in [0.25, 0.3) is 0 Å². The van der Waals surface area contributed by atoms with Crippen molar-refractivity contribution in [3.8, 4) is 0 Å². The van der Waals surface area contributed by atoms with Gasteiger partial charge in [-0.3, -0.25) is 4.79 Å². The number of aryl methyl sites for hydroxylation is 1. The summed E-state index contributed by atoms with van der Waals surface area (Å²) in [6.07, 6.45) is 0.580. The second-order valence-electron chi connectivity index (χ2n) is 4.27. The Hall–Kier alpha value is -1.56. The molecule has 1 fully saturated rings. The largest absolute Gasteiger partial charge is 0.352 e. The molecule has 1 aliphatic rings. The van der Waals surface area contributed by atoms with Crippen molar-refractivity contribution >= 4 is 33.6 Å². The third-order valence-electron chi connectivity index (χ3n) is 2.98. The van der Waals surface area contributed by atoms with Crippen LogP contribution in [0.5, 0.6) is 0 Å². The molecule has 0 bridgehead atoms. The van der Waals surface area contributed by atoms with E-state index in [1.54, 1.807) is 4.90 Å². The number of urea groups is 1. The lowest BCUT2D eigenvalue weighted by molar-refractivity contribution is -0.118. The van der Waals surface area contributed by atoms with E-state index in [0.29, 0.717) is 13.0 Å². The van der Waals surface area contributed by atoms with E-state index in [-0.39, 0.29) is 5.91 Å². The Bertz CT molecular complexity index is 504. The van der Waals surface area contributed by atoms with Crippen LogP contribution in [0.1, 0.15) is 12.0 Å². The molecule has 5 nitrogen and oxygen atoms in total. The van der Waals surface area contributed by atoms with Crippen LogP contribution >= 0.6 is 15.9 Å². The number of nitrogens with zero attached hydrogens (tertiary/aromatic N) is 1. The molecule has 1 aliphatic heterocycles. The fourth-order valence-electron chi connectivity index (χ4n) is 2.04. The van der Waals surface area contributed by atoms with Crippen LogP contribution in [-0.2, 0) is 4.79 Å². The zero-order chi connectivity index (χ0) is 13.3. The minimum absolute atomic E-state index is 0.115. The molecule has 0 aromatic heterocycles. The molecule has 1 atom stereocenters. The lowest BCUT2D eigenvalue weighted by Gasteiger charge is -2.17. The maximum absolute atomic E-state index is 12.1. The maximum Gasteiger partial charge on any atom is 0.312 e. The number of nitrogens with one attached hydrogen (secondary N) is 1. The number of anilines is 1. The van der Waals surface area contributed by atoms with Crippen molar-refractivity contribution < 1.29 is 9.59 Å². The van der Waals surface area contributed by atoms with Crippen molar-refractivity contribution in [1.82, 2.24) is 5.32 Å². The summed E-state index contributed by atoms with van der Waals surface area (Å²) in [4.78, 5) is 24.5. The molecule has 1 saturated heterocycles. The van der Waals surface area contributed by atoms with E-state index in [1.807, 2.05) is 25.1 Å². The first-order valence-corrected chi connectivity index (χ1v) is 6.42. The molecular formula is C12H14BrN3O2. The second kappa shape index (κ2) is 4.97. The third-order valence-corrected chi connectivity index (χ3v) is 3.86. The average molecular weight is 312 g/mol. The van der Waals surface area contributed by atoms with Gasteiger partial charge in [-0.05, 0) is 37.1 Å². The highest BCUT2D eigenvalue weighted by atomic mass is 79.9. The van der Waals surface area contributed by atoms with Gasteiger partial charge in [-0.1, -0.05) is 15.9 Å². The summed E-state index contributed by atoms with van der Waals surface area (Å²) in [6, 6.07) is 4.55. The second-order valence-corrected chi connectivity index (χ2v) is 5.13. The number of rotatable bonds is 2. The van der Waals surface area contributed by atoms with Gasteiger partial charge in [0.1, 0.15) is 6.04 Å². The molecule has 96 valence electrons. The molecular weight excluding hydrogens is 298 g/mol. The molecule has 1 heterocycles. The summed E-state index contributed by atoms with van der Waals surface area (Å²) in [5, 5.41) is 2.46. The first kappa shape index (κ1) is 12.9. The van der Waals surface area contributed by atoms with E-state index < -0.39 is 12.1 Å². The number of halogens is 1. The normalized spacial score (nSPS) is 19.1. The van der Waals surface area contributed by atoms with Crippen LogP contribution in [0.4, 0.5) is 10.5 Å². The molecule has 0 saturated carbocycles. The van der Waals surface area contributed by atoms with Crippen LogP contribution in [0.3, 0.4) is 0 Å². The Balaban J connectivity index is 2.18. The molecule has 0 radical (unpaired) electrons. The minimum atomic E-state index is -0.665. The zero-order valence-corrected chi connectivity index (χ0v) is 11.5. The highest BCUT2D eigenvalue weighted by Gasteiger charge is 2.33. The van der Waals surface area contributed by atoms with Gasteiger partial charge in [-0.15, -0.1) is 0 Å². The van der Waals surface area contributed by atoms with E-state index in [0.717, 1.165) is 15.7 Å². The first-order valence-electron chi connectivity index (χ1n) is 5.62. The zero-order valence-electron chi connectivity index (χ0n) is 9.94. The fourth-order valence-corrected chi connectivity index (χ4v) is 2.29. The monoisotopic (exact) mass is 311 g/mol. The molecule has 3 amide bonds. The SMILES string of the molecule is Cc1cc(N2CC[C@H](NC(N)=O)C2=O)ccc1Br. The van der Waals surface area contributed by atoms with Gasteiger partial charge in [0, 0.05) is 16.7 Å². The molecule has 1 aromatic rings. The molecule has 0 unspecified atom stereocenters. The molecule has 2 rings (SSSR count). The van der Waals surface area contributed by atoms with Crippen molar-refractivity contribution in [2.75, 3.05) is 11.4 Å². The standard InChI is InChI=1S/C12H14BrN3O2/c1-7-6-8(2-3-9(7)13)16-5-4-10(11(16)17)15-12(14)18/h2-3,6,10H,4-5H2,1H3,(H3,14,15,18)/t10-/m0/s1. The van der Waals surface area contributed by atoms with Crippen molar-refractivity contribution in [2.24, 2.45) is 5.73 Å². The van der Waals surface area contributed by atoms with Gasteiger partial charge in [-0.2, -0.15) is 0 Å². The summed E-state index contributed by atoms with van der Waals surface area (Å²) in [7, 11) is 0. The Morgan fingerprint density at radius 1 is 1.56 bits per heavy atom. The number of amides is 3. The van der Waals surface area contributed by atoms with E-state index in [4.69, 9.17) is 5.73 Å².